The molecule has 1 N–H and O–H groups in total. The average molecular weight is 249 g/mol. The number of carboxylic acid groups (broad SMARTS) is 1. The maximum Gasteiger partial charge on any atom is 0.335 e. The Morgan fingerprint density at radius 3 is 2.89 bits per heavy atom. The molecule has 0 bridgehead atoms. The Morgan fingerprint density at radius 1 is 1.56 bits per heavy atom. The van der Waals surface area contributed by atoms with Crippen LogP contribution in [0.4, 0.5) is 5.69 Å². The van der Waals surface area contributed by atoms with Gasteiger partial charge in [0.05, 0.1) is 24.6 Å². The normalized spacial score (nSPS) is 15.7. The Morgan fingerprint density at radius 2 is 2.28 bits per heavy atom. The summed E-state index contributed by atoms with van der Waals surface area (Å²) in [5.41, 5.74) is 1.75. The maximum absolute atomic E-state index is 11.9. The number of aromatic carboxylic acids is 1. The minimum absolute atomic E-state index is 0.0172. The SMILES string of the molecule is COC(C)CN1C(=O)Cc2ccc(C(=O)O)cc21. The monoisotopic (exact) mass is 249 g/mol. The quantitative estimate of drug-likeness (QED) is 0.873. The zero-order valence-corrected chi connectivity index (χ0v) is 10.3. The van der Waals surface area contributed by atoms with Gasteiger partial charge in [-0.15, -0.1) is 0 Å². The summed E-state index contributed by atoms with van der Waals surface area (Å²) in [6, 6.07) is 4.77. The third kappa shape index (κ3) is 2.22. The van der Waals surface area contributed by atoms with Crippen LogP contribution < -0.4 is 4.90 Å². The van der Waals surface area contributed by atoms with Crippen molar-refractivity contribution in [2.24, 2.45) is 0 Å². The van der Waals surface area contributed by atoms with Crippen LogP contribution in [0.3, 0.4) is 0 Å². The molecule has 1 atom stereocenters. The molecule has 5 heteroatoms. The van der Waals surface area contributed by atoms with Gasteiger partial charge in [0.15, 0.2) is 0 Å². The minimum Gasteiger partial charge on any atom is -0.478 e. The number of carbonyl (C=O) groups excluding carboxylic acids is 1. The lowest BCUT2D eigenvalue weighted by Crippen LogP contribution is -2.34. The molecule has 2 rings (SSSR count). The van der Waals surface area contributed by atoms with Crippen molar-refractivity contribution in [1.82, 2.24) is 0 Å². The van der Waals surface area contributed by atoms with Crippen molar-refractivity contribution in [3.63, 3.8) is 0 Å². The van der Waals surface area contributed by atoms with Crippen LogP contribution in [0.25, 0.3) is 0 Å². The van der Waals surface area contributed by atoms with Crippen LogP contribution in [-0.2, 0) is 16.0 Å². The van der Waals surface area contributed by atoms with E-state index in [0.29, 0.717) is 18.7 Å². The number of carbonyl (C=O) groups is 2. The van der Waals surface area contributed by atoms with Crippen molar-refractivity contribution in [1.29, 1.82) is 0 Å². The molecule has 1 amide bonds. The summed E-state index contributed by atoms with van der Waals surface area (Å²) in [6.45, 7) is 2.30. The lowest BCUT2D eigenvalue weighted by molar-refractivity contribution is -0.117. The summed E-state index contributed by atoms with van der Waals surface area (Å²) in [5, 5.41) is 8.97. The molecular formula is C13H15NO4. The van der Waals surface area contributed by atoms with Crippen molar-refractivity contribution in [2.45, 2.75) is 19.4 Å². The molecule has 5 nitrogen and oxygen atoms in total. The Balaban J connectivity index is 2.33. The van der Waals surface area contributed by atoms with Crippen LogP contribution >= 0.6 is 0 Å². The molecule has 0 aromatic heterocycles. The van der Waals surface area contributed by atoms with Gasteiger partial charge in [-0.2, -0.15) is 0 Å². The first-order valence-corrected chi connectivity index (χ1v) is 5.72. The Labute approximate surface area is 105 Å². The van der Waals surface area contributed by atoms with Gasteiger partial charge >= 0.3 is 5.97 Å². The molecule has 18 heavy (non-hydrogen) atoms. The van der Waals surface area contributed by atoms with E-state index in [4.69, 9.17) is 9.84 Å². The minimum atomic E-state index is -0.989. The van der Waals surface area contributed by atoms with Gasteiger partial charge < -0.3 is 14.7 Å². The summed E-state index contributed by atoms with van der Waals surface area (Å²) < 4.78 is 5.14. The number of benzene rings is 1. The fourth-order valence-electron chi connectivity index (χ4n) is 2.02. The number of amides is 1. The predicted octanol–water partition coefficient (Wildman–Crippen LogP) is 1.31. The molecule has 0 aliphatic carbocycles. The van der Waals surface area contributed by atoms with Gasteiger partial charge in [0, 0.05) is 12.8 Å². The molecule has 1 aromatic carbocycles. The van der Waals surface area contributed by atoms with E-state index in [1.165, 1.54) is 6.07 Å². The van der Waals surface area contributed by atoms with E-state index in [1.54, 1.807) is 24.1 Å². The number of hydrogen-bond acceptors (Lipinski definition) is 3. The number of fused-ring (bicyclic) bond motifs is 1. The predicted molar refractivity (Wildman–Crippen MR) is 65.9 cm³/mol. The first kappa shape index (κ1) is 12.6. The fourth-order valence-corrected chi connectivity index (χ4v) is 2.02. The number of hydrogen-bond donors (Lipinski definition) is 1. The zero-order chi connectivity index (χ0) is 13.3. The highest BCUT2D eigenvalue weighted by Gasteiger charge is 2.29. The molecule has 1 unspecified atom stereocenters. The molecule has 96 valence electrons. The molecule has 1 aliphatic rings. The number of methoxy groups -OCH3 is 1. The Kier molecular flexibility index (Phi) is 3.34. The van der Waals surface area contributed by atoms with E-state index in [9.17, 15) is 9.59 Å². The van der Waals surface area contributed by atoms with E-state index in [0.717, 1.165) is 5.56 Å². The van der Waals surface area contributed by atoms with Crippen molar-refractivity contribution >= 4 is 17.6 Å². The molecule has 0 spiro atoms. The molecule has 0 saturated heterocycles. The molecule has 1 aromatic rings. The van der Waals surface area contributed by atoms with Crippen LogP contribution in [0.5, 0.6) is 0 Å². The highest BCUT2D eigenvalue weighted by atomic mass is 16.5. The summed E-state index contributed by atoms with van der Waals surface area (Å²) >= 11 is 0. The van der Waals surface area contributed by atoms with Gasteiger partial charge in [0.1, 0.15) is 0 Å². The van der Waals surface area contributed by atoms with Crippen LogP contribution in [0.15, 0.2) is 18.2 Å². The summed E-state index contributed by atoms with van der Waals surface area (Å²) in [5.74, 6) is -1.01. The second-order valence-corrected chi connectivity index (χ2v) is 4.38. The van der Waals surface area contributed by atoms with E-state index < -0.39 is 5.97 Å². The van der Waals surface area contributed by atoms with Gasteiger partial charge in [-0.1, -0.05) is 6.07 Å². The molecule has 0 fully saturated rings. The van der Waals surface area contributed by atoms with E-state index in [1.807, 2.05) is 6.92 Å². The van der Waals surface area contributed by atoms with E-state index in [2.05, 4.69) is 0 Å². The van der Waals surface area contributed by atoms with Crippen LogP contribution in [-0.4, -0.2) is 36.7 Å². The Bertz CT molecular complexity index is 498. The van der Waals surface area contributed by atoms with Crippen LogP contribution in [0, 0.1) is 0 Å². The first-order valence-electron chi connectivity index (χ1n) is 5.72. The van der Waals surface area contributed by atoms with Crippen LogP contribution in [0.2, 0.25) is 0 Å². The summed E-state index contributed by atoms with van der Waals surface area (Å²) in [7, 11) is 1.58. The number of nitrogens with zero attached hydrogens (tertiary/aromatic N) is 1. The number of ether oxygens (including phenoxy) is 1. The van der Waals surface area contributed by atoms with Crippen LogP contribution in [0.1, 0.15) is 22.8 Å². The smallest absolute Gasteiger partial charge is 0.335 e. The second kappa shape index (κ2) is 4.78. The van der Waals surface area contributed by atoms with Crippen molar-refractivity contribution in [3.05, 3.63) is 29.3 Å². The van der Waals surface area contributed by atoms with Gasteiger partial charge in [-0.25, -0.2) is 4.79 Å². The zero-order valence-electron chi connectivity index (χ0n) is 10.3. The lowest BCUT2D eigenvalue weighted by Gasteiger charge is -2.21. The third-order valence-corrected chi connectivity index (χ3v) is 3.11. The van der Waals surface area contributed by atoms with E-state index in [-0.39, 0.29) is 17.6 Å². The molecular weight excluding hydrogens is 234 g/mol. The summed E-state index contributed by atoms with van der Waals surface area (Å²) in [6.07, 6.45) is 0.236. The molecule has 0 saturated carbocycles. The Hall–Kier alpha value is -1.88. The number of carboxylic acids is 1. The highest BCUT2D eigenvalue weighted by molar-refractivity contribution is 6.03. The lowest BCUT2D eigenvalue weighted by atomic mass is 10.1. The van der Waals surface area contributed by atoms with Gasteiger partial charge in [-0.3, -0.25) is 4.79 Å². The van der Waals surface area contributed by atoms with Crippen molar-refractivity contribution in [2.75, 3.05) is 18.6 Å². The van der Waals surface area contributed by atoms with Crippen molar-refractivity contribution < 1.29 is 19.4 Å². The largest absolute Gasteiger partial charge is 0.478 e. The fraction of sp³-hybridized carbons (Fsp3) is 0.385. The standard InChI is InChI=1S/C13H15NO4/c1-8(18-2)7-14-11-5-10(13(16)17)4-3-9(11)6-12(14)15/h3-5,8H,6-7H2,1-2H3,(H,16,17). The highest BCUT2D eigenvalue weighted by Crippen LogP contribution is 2.30. The summed E-state index contributed by atoms with van der Waals surface area (Å²) in [4.78, 5) is 24.4. The van der Waals surface area contributed by atoms with E-state index >= 15 is 0 Å². The maximum atomic E-state index is 11.9. The molecule has 1 aliphatic heterocycles. The van der Waals surface area contributed by atoms with Gasteiger partial charge in [-0.05, 0) is 24.6 Å². The second-order valence-electron chi connectivity index (χ2n) is 4.38. The molecule has 1 heterocycles. The third-order valence-electron chi connectivity index (χ3n) is 3.11. The topological polar surface area (TPSA) is 66.8 Å². The van der Waals surface area contributed by atoms with Gasteiger partial charge in [0.25, 0.3) is 0 Å². The van der Waals surface area contributed by atoms with Crippen molar-refractivity contribution in [3.8, 4) is 0 Å². The van der Waals surface area contributed by atoms with Gasteiger partial charge in [0.2, 0.25) is 5.91 Å². The molecule has 0 radical (unpaired) electrons. The average Bonchev–Trinajstić information content (AvgIpc) is 2.65. The number of anilines is 1. The number of rotatable bonds is 4. The first-order chi connectivity index (χ1) is 8.52.